The molecule has 0 bridgehead atoms. The molecule has 0 aliphatic heterocycles. The van der Waals surface area contributed by atoms with Crippen molar-refractivity contribution in [3.05, 3.63) is 18.2 Å². The maximum Gasteiger partial charge on any atom is 0.176 e. The zero-order chi connectivity index (χ0) is 6.97. The van der Waals surface area contributed by atoms with Gasteiger partial charge >= 0.3 is 0 Å². The fourth-order valence-corrected chi connectivity index (χ4v) is 0.792. The molecule has 0 aliphatic rings. The van der Waals surface area contributed by atoms with Crippen LogP contribution in [0.3, 0.4) is 0 Å². The van der Waals surface area contributed by atoms with Gasteiger partial charge in [-0.15, -0.1) is 0 Å². The quantitative estimate of drug-likeness (QED) is 0.585. The smallest absolute Gasteiger partial charge is 0.176 e. The van der Waals surface area contributed by atoms with Crippen LogP contribution in [0.4, 0.5) is 0 Å². The first kappa shape index (κ1) is 5.22. The van der Waals surface area contributed by atoms with Crippen molar-refractivity contribution >= 4 is 11.0 Å². The number of nitrogens with zero attached hydrogens (tertiary/aromatic N) is 2. The average Bonchev–Trinajstić information content (AvgIpc) is 2.36. The maximum atomic E-state index is 9.10. The molecule has 0 saturated carbocycles. The summed E-state index contributed by atoms with van der Waals surface area (Å²) in [6.45, 7) is 0. The van der Waals surface area contributed by atoms with Gasteiger partial charge in [0.05, 0.1) is 0 Å². The minimum Gasteiger partial charge on any atom is -0.505 e. The van der Waals surface area contributed by atoms with E-state index in [1.165, 1.54) is 6.07 Å². The second kappa shape index (κ2) is 1.70. The lowest BCUT2D eigenvalue weighted by atomic mass is 10.3. The van der Waals surface area contributed by atoms with Gasteiger partial charge in [0, 0.05) is 0 Å². The second-order valence-corrected chi connectivity index (χ2v) is 1.91. The number of hydrogen-bond acceptors (Lipinski definition) is 4. The predicted molar refractivity (Wildman–Crippen MR) is 33.5 cm³/mol. The van der Waals surface area contributed by atoms with Crippen LogP contribution in [0.15, 0.2) is 22.8 Å². The van der Waals surface area contributed by atoms with Crippen molar-refractivity contribution in [2.75, 3.05) is 0 Å². The number of hydrogen-bond donors (Lipinski definition) is 1. The van der Waals surface area contributed by atoms with Crippen LogP contribution in [0, 0.1) is 0 Å². The van der Waals surface area contributed by atoms with Crippen LogP contribution in [-0.2, 0) is 0 Å². The van der Waals surface area contributed by atoms with E-state index in [0.29, 0.717) is 11.0 Å². The highest BCUT2D eigenvalue weighted by atomic mass is 16.6. The number of phenols is 1. The molecule has 1 aromatic carbocycles. The summed E-state index contributed by atoms with van der Waals surface area (Å²) in [7, 11) is 0. The van der Waals surface area contributed by atoms with Crippen molar-refractivity contribution < 1.29 is 9.74 Å². The standard InChI is InChI=1S/C6H4N2O2/c9-5-3-1-2-4-6(5)8-10-7-4/h1-3,9H. The van der Waals surface area contributed by atoms with E-state index >= 15 is 0 Å². The van der Waals surface area contributed by atoms with Crippen LogP contribution in [0.2, 0.25) is 0 Å². The van der Waals surface area contributed by atoms with Gasteiger partial charge in [0.2, 0.25) is 0 Å². The first-order valence-electron chi connectivity index (χ1n) is 2.78. The Labute approximate surface area is 56.0 Å². The van der Waals surface area contributed by atoms with Gasteiger partial charge in [-0.1, -0.05) is 6.07 Å². The lowest BCUT2D eigenvalue weighted by Crippen LogP contribution is -1.68. The first-order valence-corrected chi connectivity index (χ1v) is 2.78. The third kappa shape index (κ3) is 0.556. The molecule has 0 atom stereocenters. The Bertz CT molecular complexity index is 355. The summed E-state index contributed by atoms with van der Waals surface area (Å²) in [5.74, 6) is 0.0961. The van der Waals surface area contributed by atoms with Gasteiger partial charge in [-0.25, -0.2) is 4.63 Å². The number of rotatable bonds is 0. The van der Waals surface area contributed by atoms with E-state index < -0.39 is 0 Å². The fourth-order valence-electron chi connectivity index (χ4n) is 0.792. The third-order valence-corrected chi connectivity index (χ3v) is 1.26. The lowest BCUT2D eigenvalue weighted by molar-refractivity contribution is 0.314. The van der Waals surface area contributed by atoms with Crippen molar-refractivity contribution in [1.29, 1.82) is 0 Å². The van der Waals surface area contributed by atoms with Crippen molar-refractivity contribution in [3.8, 4) is 5.75 Å². The molecule has 50 valence electrons. The summed E-state index contributed by atoms with van der Waals surface area (Å²) >= 11 is 0. The normalized spacial score (nSPS) is 10.4. The fraction of sp³-hybridized carbons (Fsp3) is 0. The Balaban J connectivity index is 2.95. The molecule has 0 radical (unpaired) electrons. The van der Waals surface area contributed by atoms with E-state index in [1.54, 1.807) is 12.1 Å². The summed E-state index contributed by atoms with van der Waals surface area (Å²) in [5, 5.41) is 16.1. The Morgan fingerprint density at radius 2 is 2.20 bits per heavy atom. The monoisotopic (exact) mass is 136 g/mol. The van der Waals surface area contributed by atoms with Gasteiger partial charge in [-0.3, -0.25) is 0 Å². The summed E-state index contributed by atoms with van der Waals surface area (Å²) in [6, 6.07) is 4.93. The summed E-state index contributed by atoms with van der Waals surface area (Å²) in [6.07, 6.45) is 0. The van der Waals surface area contributed by atoms with Crippen molar-refractivity contribution in [1.82, 2.24) is 10.3 Å². The molecule has 0 unspecified atom stereocenters. The van der Waals surface area contributed by atoms with Crippen molar-refractivity contribution in [2.24, 2.45) is 0 Å². The van der Waals surface area contributed by atoms with Crippen LogP contribution in [0.25, 0.3) is 11.0 Å². The third-order valence-electron chi connectivity index (χ3n) is 1.26. The minimum atomic E-state index is 0.0961. The molecule has 1 N–H and O–H groups in total. The highest BCUT2D eigenvalue weighted by molar-refractivity contribution is 5.79. The van der Waals surface area contributed by atoms with Crippen LogP contribution in [0.5, 0.6) is 5.75 Å². The maximum absolute atomic E-state index is 9.10. The van der Waals surface area contributed by atoms with Crippen LogP contribution in [-0.4, -0.2) is 15.4 Å². The van der Waals surface area contributed by atoms with E-state index in [-0.39, 0.29) is 5.75 Å². The number of aromatic nitrogens is 2. The molecule has 1 heterocycles. The molecule has 0 saturated heterocycles. The molecule has 0 fully saturated rings. The van der Waals surface area contributed by atoms with E-state index in [0.717, 1.165) is 0 Å². The van der Waals surface area contributed by atoms with E-state index in [1.807, 2.05) is 0 Å². The number of phenolic OH excluding ortho intramolecular Hbond substituents is 1. The van der Waals surface area contributed by atoms with E-state index in [2.05, 4.69) is 14.9 Å². The van der Waals surface area contributed by atoms with Gasteiger partial charge in [0.15, 0.2) is 5.52 Å². The lowest BCUT2D eigenvalue weighted by Gasteiger charge is -1.85. The highest BCUT2D eigenvalue weighted by Crippen LogP contribution is 2.19. The molecule has 0 amide bonds. The first-order chi connectivity index (χ1) is 4.88. The zero-order valence-electron chi connectivity index (χ0n) is 4.98. The number of aromatic hydroxyl groups is 1. The van der Waals surface area contributed by atoms with Gasteiger partial charge in [0.1, 0.15) is 11.3 Å². The topological polar surface area (TPSA) is 59.2 Å². The van der Waals surface area contributed by atoms with Gasteiger partial charge in [-0.2, -0.15) is 0 Å². The molecule has 0 aliphatic carbocycles. The number of fused-ring (bicyclic) bond motifs is 1. The van der Waals surface area contributed by atoms with Gasteiger partial charge in [0.25, 0.3) is 0 Å². The molecular weight excluding hydrogens is 132 g/mol. The second-order valence-electron chi connectivity index (χ2n) is 1.91. The molecule has 0 spiro atoms. The molecule has 2 aromatic rings. The van der Waals surface area contributed by atoms with Crippen LogP contribution < -0.4 is 0 Å². The minimum absolute atomic E-state index is 0.0961. The molecule has 4 nitrogen and oxygen atoms in total. The molecule has 10 heavy (non-hydrogen) atoms. The molecule has 4 heteroatoms. The van der Waals surface area contributed by atoms with E-state index in [4.69, 9.17) is 5.11 Å². The molecule has 2 rings (SSSR count). The predicted octanol–water partition coefficient (Wildman–Crippen LogP) is 0.928. The zero-order valence-corrected chi connectivity index (χ0v) is 4.98. The van der Waals surface area contributed by atoms with Crippen LogP contribution in [0.1, 0.15) is 0 Å². The van der Waals surface area contributed by atoms with Crippen molar-refractivity contribution in [2.45, 2.75) is 0 Å². The summed E-state index contributed by atoms with van der Waals surface area (Å²) in [5.41, 5.74) is 0.975. The van der Waals surface area contributed by atoms with Gasteiger partial charge < -0.3 is 5.11 Å². The summed E-state index contributed by atoms with van der Waals surface area (Å²) < 4.78 is 4.39. The Morgan fingerprint density at radius 3 is 3.00 bits per heavy atom. The highest BCUT2D eigenvalue weighted by Gasteiger charge is 2.02. The van der Waals surface area contributed by atoms with E-state index in [9.17, 15) is 0 Å². The summed E-state index contributed by atoms with van der Waals surface area (Å²) in [4.78, 5) is 0. The van der Waals surface area contributed by atoms with Crippen molar-refractivity contribution in [3.63, 3.8) is 0 Å². The Kier molecular flexibility index (Phi) is 0.887. The number of benzene rings is 1. The molecular formula is C6H4N2O2. The molecule has 1 aromatic heterocycles. The van der Waals surface area contributed by atoms with Gasteiger partial charge in [-0.05, 0) is 22.4 Å². The van der Waals surface area contributed by atoms with Crippen LogP contribution >= 0.6 is 0 Å². The Hall–Kier alpha value is -1.58. The SMILES string of the molecule is Oc1cccc2nonc12. The average molecular weight is 136 g/mol. The Morgan fingerprint density at radius 1 is 1.30 bits per heavy atom. The largest absolute Gasteiger partial charge is 0.505 e.